The second kappa shape index (κ2) is 4.57. The van der Waals surface area contributed by atoms with Crippen LogP contribution in [-0.2, 0) is 0 Å². The van der Waals surface area contributed by atoms with Crippen molar-refractivity contribution in [3.05, 3.63) is 42.2 Å². The number of benzene rings is 1. The lowest BCUT2D eigenvalue weighted by molar-refractivity contribution is 0.0692. The number of carbonyl (C=O) groups is 1. The zero-order valence-corrected chi connectivity index (χ0v) is 9.40. The van der Waals surface area contributed by atoms with E-state index < -0.39 is 11.8 Å². The summed E-state index contributed by atoms with van der Waals surface area (Å²) in [4.78, 5) is 12.7. The van der Waals surface area contributed by atoms with Crippen molar-refractivity contribution in [2.75, 3.05) is 11.4 Å². The van der Waals surface area contributed by atoms with Crippen LogP contribution < -0.4 is 4.90 Å². The molecular weight excluding hydrogens is 221 g/mol. The standard InChI is InChI=1S/C13H14FNO2/c1-2-7-15(9-3-4-9)10-5-6-11(13(16)17)12(14)8-10/h2,5-6,8-9H,1,3-4,7H2,(H,16,17). The van der Waals surface area contributed by atoms with Gasteiger partial charge in [0, 0.05) is 18.3 Å². The molecule has 1 fully saturated rings. The summed E-state index contributed by atoms with van der Waals surface area (Å²) in [5.41, 5.74) is 0.429. The van der Waals surface area contributed by atoms with Gasteiger partial charge in [0.05, 0.1) is 5.56 Å². The fraction of sp³-hybridized carbons (Fsp3) is 0.308. The average Bonchev–Trinajstić information content (AvgIpc) is 3.09. The van der Waals surface area contributed by atoms with Crippen molar-refractivity contribution < 1.29 is 14.3 Å². The molecule has 17 heavy (non-hydrogen) atoms. The van der Waals surface area contributed by atoms with Gasteiger partial charge in [-0.2, -0.15) is 0 Å². The summed E-state index contributed by atoms with van der Waals surface area (Å²) in [5.74, 6) is -1.93. The molecule has 0 unspecified atom stereocenters. The van der Waals surface area contributed by atoms with E-state index in [1.54, 1.807) is 12.1 Å². The molecule has 0 bridgehead atoms. The molecule has 0 spiro atoms. The summed E-state index contributed by atoms with van der Waals surface area (Å²) in [5, 5.41) is 8.75. The highest BCUT2D eigenvalue weighted by Gasteiger charge is 2.29. The van der Waals surface area contributed by atoms with Crippen molar-refractivity contribution in [1.82, 2.24) is 0 Å². The van der Waals surface area contributed by atoms with Crippen molar-refractivity contribution in [2.24, 2.45) is 0 Å². The van der Waals surface area contributed by atoms with Crippen molar-refractivity contribution in [3.63, 3.8) is 0 Å². The van der Waals surface area contributed by atoms with Crippen LogP contribution in [0.4, 0.5) is 10.1 Å². The van der Waals surface area contributed by atoms with E-state index in [4.69, 9.17) is 5.11 Å². The third kappa shape index (κ3) is 2.46. The van der Waals surface area contributed by atoms with E-state index in [1.165, 1.54) is 12.1 Å². The van der Waals surface area contributed by atoms with Crippen molar-refractivity contribution >= 4 is 11.7 Å². The first kappa shape index (κ1) is 11.6. The van der Waals surface area contributed by atoms with Gasteiger partial charge < -0.3 is 10.0 Å². The van der Waals surface area contributed by atoms with Crippen LogP contribution in [0.1, 0.15) is 23.2 Å². The summed E-state index contributed by atoms with van der Waals surface area (Å²) in [6.45, 7) is 4.32. The summed E-state index contributed by atoms with van der Waals surface area (Å²) in [6, 6.07) is 4.67. The molecule has 1 aromatic rings. The van der Waals surface area contributed by atoms with Gasteiger partial charge in [0.15, 0.2) is 0 Å². The van der Waals surface area contributed by atoms with Gasteiger partial charge in [-0.05, 0) is 31.0 Å². The van der Waals surface area contributed by atoms with Crippen LogP contribution in [0.2, 0.25) is 0 Å². The highest BCUT2D eigenvalue weighted by atomic mass is 19.1. The van der Waals surface area contributed by atoms with Gasteiger partial charge in [-0.1, -0.05) is 6.08 Å². The average molecular weight is 235 g/mol. The second-order valence-corrected chi connectivity index (χ2v) is 4.14. The molecule has 0 saturated heterocycles. The first-order chi connectivity index (χ1) is 8.13. The van der Waals surface area contributed by atoms with Gasteiger partial charge >= 0.3 is 5.97 Å². The number of carboxylic acids is 1. The zero-order chi connectivity index (χ0) is 12.4. The summed E-state index contributed by atoms with van der Waals surface area (Å²) >= 11 is 0. The van der Waals surface area contributed by atoms with Crippen LogP contribution in [0.5, 0.6) is 0 Å². The maximum absolute atomic E-state index is 13.6. The Kier molecular flexibility index (Phi) is 3.13. The van der Waals surface area contributed by atoms with Gasteiger partial charge in [-0.3, -0.25) is 0 Å². The first-order valence-electron chi connectivity index (χ1n) is 5.54. The Bertz CT molecular complexity index is 455. The Labute approximate surface area is 99.2 Å². The fourth-order valence-corrected chi connectivity index (χ4v) is 1.85. The van der Waals surface area contributed by atoms with Crippen LogP contribution in [0, 0.1) is 5.82 Å². The second-order valence-electron chi connectivity index (χ2n) is 4.14. The molecule has 4 heteroatoms. The molecule has 0 aliphatic heterocycles. The van der Waals surface area contributed by atoms with Crippen LogP contribution in [0.25, 0.3) is 0 Å². The van der Waals surface area contributed by atoms with Crippen molar-refractivity contribution in [1.29, 1.82) is 0 Å². The molecule has 1 aliphatic carbocycles. The molecule has 1 saturated carbocycles. The largest absolute Gasteiger partial charge is 0.478 e. The quantitative estimate of drug-likeness (QED) is 0.798. The number of anilines is 1. The highest BCUT2D eigenvalue weighted by molar-refractivity contribution is 5.88. The van der Waals surface area contributed by atoms with E-state index in [-0.39, 0.29) is 5.56 Å². The normalized spacial score (nSPS) is 14.4. The summed E-state index contributed by atoms with van der Waals surface area (Å²) in [6.07, 6.45) is 3.95. The predicted octanol–water partition coefficient (Wildman–Crippen LogP) is 2.68. The zero-order valence-electron chi connectivity index (χ0n) is 9.40. The predicted molar refractivity (Wildman–Crippen MR) is 63.9 cm³/mol. The number of hydrogen-bond donors (Lipinski definition) is 1. The number of rotatable bonds is 5. The van der Waals surface area contributed by atoms with Gasteiger partial charge in [0.2, 0.25) is 0 Å². The molecule has 2 rings (SSSR count). The summed E-state index contributed by atoms with van der Waals surface area (Å²) in [7, 11) is 0. The molecular formula is C13H14FNO2. The Morgan fingerprint density at radius 1 is 1.59 bits per heavy atom. The van der Waals surface area contributed by atoms with Gasteiger partial charge in [-0.25, -0.2) is 9.18 Å². The molecule has 0 radical (unpaired) electrons. The van der Waals surface area contributed by atoms with E-state index >= 15 is 0 Å². The summed E-state index contributed by atoms with van der Waals surface area (Å²) < 4.78 is 13.6. The van der Waals surface area contributed by atoms with Gasteiger partial charge in [-0.15, -0.1) is 6.58 Å². The molecule has 0 heterocycles. The molecule has 90 valence electrons. The van der Waals surface area contributed by atoms with E-state index in [2.05, 4.69) is 6.58 Å². The Morgan fingerprint density at radius 3 is 2.76 bits per heavy atom. The minimum absolute atomic E-state index is 0.289. The molecule has 1 aromatic carbocycles. The van der Waals surface area contributed by atoms with E-state index in [1.807, 2.05) is 4.90 Å². The van der Waals surface area contributed by atoms with Crippen LogP contribution in [-0.4, -0.2) is 23.7 Å². The minimum Gasteiger partial charge on any atom is -0.478 e. The number of nitrogens with zero attached hydrogens (tertiary/aromatic N) is 1. The van der Waals surface area contributed by atoms with Crippen LogP contribution in [0.3, 0.4) is 0 Å². The third-order valence-electron chi connectivity index (χ3n) is 2.83. The monoisotopic (exact) mass is 235 g/mol. The molecule has 0 aromatic heterocycles. The third-order valence-corrected chi connectivity index (χ3v) is 2.83. The maximum Gasteiger partial charge on any atom is 0.338 e. The van der Waals surface area contributed by atoms with Crippen LogP contribution >= 0.6 is 0 Å². The lowest BCUT2D eigenvalue weighted by atomic mass is 10.1. The lowest BCUT2D eigenvalue weighted by Crippen LogP contribution is -2.25. The highest BCUT2D eigenvalue weighted by Crippen LogP contribution is 2.32. The Morgan fingerprint density at radius 2 is 2.29 bits per heavy atom. The smallest absolute Gasteiger partial charge is 0.338 e. The van der Waals surface area contributed by atoms with Crippen LogP contribution in [0.15, 0.2) is 30.9 Å². The lowest BCUT2D eigenvalue weighted by Gasteiger charge is -2.23. The molecule has 3 nitrogen and oxygen atoms in total. The Hall–Kier alpha value is -1.84. The number of carboxylic acid groups (broad SMARTS) is 1. The SMILES string of the molecule is C=CCN(c1ccc(C(=O)O)c(F)c1)C1CC1. The van der Waals surface area contributed by atoms with Crippen molar-refractivity contribution in [2.45, 2.75) is 18.9 Å². The minimum atomic E-state index is -1.24. The number of halogens is 1. The first-order valence-corrected chi connectivity index (χ1v) is 5.54. The molecule has 0 atom stereocenters. The Balaban J connectivity index is 2.28. The topological polar surface area (TPSA) is 40.5 Å². The van der Waals surface area contributed by atoms with E-state index in [9.17, 15) is 9.18 Å². The molecule has 1 aliphatic rings. The van der Waals surface area contributed by atoms with Gasteiger partial charge in [0.1, 0.15) is 5.82 Å². The number of hydrogen-bond acceptors (Lipinski definition) is 2. The molecule has 1 N–H and O–H groups in total. The fourth-order valence-electron chi connectivity index (χ4n) is 1.85. The van der Waals surface area contributed by atoms with E-state index in [0.29, 0.717) is 12.6 Å². The number of aromatic carboxylic acids is 1. The van der Waals surface area contributed by atoms with Gasteiger partial charge in [0.25, 0.3) is 0 Å². The van der Waals surface area contributed by atoms with E-state index in [0.717, 1.165) is 18.5 Å². The molecule has 0 amide bonds. The van der Waals surface area contributed by atoms with Crippen molar-refractivity contribution in [3.8, 4) is 0 Å². The maximum atomic E-state index is 13.6.